The van der Waals surface area contributed by atoms with Crippen LogP contribution in [0.2, 0.25) is 0 Å². The second-order valence-electron chi connectivity index (χ2n) is 2.30. The molecule has 66 valence electrons. The molecule has 0 aromatic heterocycles. The van der Waals surface area contributed by atoms with E-state index in [0.717, 1.165) is 0 Å². The van der Waals surface area contributed by atoms with Gasteiger partial charge in [0.2, 0.25) is 0 Å². The van der Waals surface area contributed by atoms with Gasteiger partial charge in [-0.3, -0.25) is 0 Å². The fourth-order valence-corrected chi connectivity index (χ4v) is 0.547. The molecule has 4 heteroatoms. The lowest BCUT2D eigenvalue weighted by molar-refractivity contribution is -0.139. The smallest absolute Gasteiger partial charge is 0.340 e. The highest BCUT2D eigenvalue weighted by atomic mass is 16.4. The van der Waals surface area contributed by atoms with Gasteiger partial charge in [0, 0.05) is 0 Å². The summed E-state index contributed by atoms with van der Waals surface area (Å²) in [6.07, 6.45) is 8.34. The summed E-state index contributed by atoms with van der Waals surface area (Å²) in [5.41, 5.74) is 8.80. The summed E-state index contributed by atoms with van der Waals surface area (Å²) >= 11 is 0. The van der Waals surface area contributed by atoms with Crippen molar-refractivity contribution in [3.8, 4) is 12.3 Å². The number of aliphatic carboxylic acids is 1. The van der Waals surface area contributed by atoms with Crippen molar-refractivity contribution in [1.29, 1.82) is 0 Å². The first-order valence-corrected chi connectivity index (χ1v) is 3.44. The summed E-state index contributed by atoms with van der Waals surface area (Å²) in [4.78, 5) is 10.5. The van der Waals surface area contributed by atoms with Gasteiger partial charge in [0.25, 0.3) is 0 Å². The summed E-state index contributed by atoms with van der Waals surface area (Å²) < 4.78 is 0. The van der Waals surface area contributed by atoms with Crippen molar-refractivity contribution in [2.24, 2.45) is 11.5 Å². The monoisotopic (exact) mass is 168 g/mol. The van der Waals surface area contributed by atoms with Crippen molar-refractivity contribution in [3.05, 3.63) is 12.2 Å². The van der Waals surface area contributed by atoms with Crippen LogP contribution in [-0.4, -0.2) is 23.2 Å². The molecule has 0 heterocycles. The zero-order valence-electron chi connectivity index (χ0n) is 6.66. The van der Waals surface area contributed by atoms with Crippen molar-refractivity contribution in [2.45, 2.75) is 12.0 Å². The molecule has 0 aliphatic heterocycles. The third-order valence-corrected chi connectivity index (χ3v) is 1.31. The highest BCUT2D eigenvalue weighted by molar-refractivity contribution is 5.85. The number of rotatable bonds is 4. The molecular weight excluding hydrogens is 156 g/mol. The maximum atomic E-state index is 10.5. The van der Waals surface area contributed by atoms with Gasteiger partial charge in [-0.05, 0) is 19.0 Å². The molecule has 1 unspecified atom stereocenters. The minimum Gasteiger partial charge on any atom is -0.479 e. The molecule has 0 aromatic rings. The lowest BCUT2D eigenvalue weighted by Gasteiger charge is -2.11. The van der Waals surface area contributed by atoms with E-state index in [-0.39, 0.29) is 0 Å². The summed E-state index contributed by atoms with van der Waals surface area (Å²) in [7, 11) is 0. The number of carboxylic acids is 1. The van der Waals surface area contributed by atoms with E-state index in [4.69, 9.17) is 23.0 Å². The second kappa shape index (κ2) is 4.54. The molecule has 0 aliphatic rings. The van der Waals surface area contributed by atoms with Crippen molar-refractivity contribution in [2.75, 3.05) is 6.54 Å². The Bertz CT molecular complexity index is 230. The van der Waals surface area contributed by atoms with Crippen molar-refractivity contribution >= 4 is 5.97 Å². The number of hydrogen-bond acceptors (Lipinski definition) is 3. The van der Waals surface area contributed by atoms with E-state index < -0.39 is 11.5 Å². The van der Waals surface area contributed by atoms with Crippen LogP contribution >= 0.6 is 0 Å². The lowest BCUT2D eigenvalue weighted by Crippen LogP contribution is -2.44. The molecule has 0 saturated heterocycles. The molecule has 1 atom stereocenters. The molecule has 0 bridgehead atoms. The van der Waals surface area contributed by atoms with Gasteiger partial charge in [0.05, 0.1) is 0 Å². The minimum atomic E-state index is -1.70. The molecule has 0 radical (unpaired) electrons. The first-order valence-electron chi connectivity index (χ1n) is 3.44. The zero-order chi connectivity index (χ0) is 9.61. The molecule has 5 N–H and O–H groups in total. The summed E-state index contributed by atoms with van der Waals surface area (Å²) in [6, 6.07) is 0. The Morgan fingerprint density at radius 3 is 2.67 bits per heavy atom. The Kier molecular flexibility index (Phi) is 4.05. The van der Waals surface area contributed by atoms with E-state index >= 15 is 0 Å². The van der Waals surface area contributed by atoms with E-state index in [1.807, 2.05) is 5.92 Å². The average molecular weight is 168 g/mol. The van der Waals surface area contributed by atoms with Gasteiger partial charge in [-0.25, -0.2) is 4.79 Å². The van der Waals surface area contributed by atoms with Crippen LogP contribution in [0.5, 0.6) is 0 Å². The fourth-order valence-electron chi connectivity index (χ4n) is 0.547. The summed E-state index contributed by atoms with van der Waals surface area (Å²) in [5.74, 6) is 0.750. The van der Waals surface area contributed by atoms with Crippen LogP contribution in [0.4, 0.5) is 0 Å². The number of carboxylic acid groups (broad SMARTS) is 1. The van der Waals surface area contributed by atoms with Crippen LogP contribution in [-0.2, 0) is 4.79 Å². The van der Waals surface area contributed by atoms with E-state index in [1.165, 1.54) is 6.08 Å². The van der Waals surface area contributed by atoms with Crippen LogP contribution in [0, 0.1) is 12.3 Å². The lowest BCUT2D eigenvalue weighted by atomic mass is 10.0. The predicted molar refractivity (Wildman–Crippen MR) is 46.2 cm³/mol. The standard InChI is InChI=1S/C8H12N2O2/c1-2-8(10,7(11)12)5-3-4-6-9/h1,3,5H,4,6,9-10H2,(H,11,12). The van der Waals surface area contributed by atoms with E-state index in [2.05, 4.69) is 0 Å². The SMILES string of the molecule is C#CC(N)(C=CCCN)C(=O)O. The molecule has 0 amide bonds. The van der Waals surface area contributed by atoms with E-state index in [1.54, 1.807) is 6.08 Å². The van der Waals surface area contributed by atoms with Gasteiger partial charge in [-0.1, -0.05) is 12.0 Å². The Labute approximate surface area is 71.2 Å². The maximum Gasteiger partial charge on any atom is 0.340 e. The van der Waals surface area contributed by atoms with Crippen molar-refractivity contribution in [3.63, 3.8) is 0 Å². The topological polar surface area (TPSA) is 89.3 Å². The average Bonchev–Trinajstić information content (AvgIpc) is 2.04. The quantitative estimate of drug-likeness (QED) is 0.383. The van der Waals surface area contributed by atoms with Crippen molar-refractivity contribution in [1.82, 2.24) is 0 Å². The van der Waals surface area contributed by atoms with Gasteiger partial charge in [0.1, 0.15) is 0 Å². The van der Waals surface area contributed by atoms with Crippen LogP contribution in [0.15, 0.2) is 12.2 Å². The van der Waals surface area contributed by atoms with Crippen molar-refractivity contribution < 1.29 is 9.90 Å². The highest BCUT2D eigenvalue weighted by Crippen LogP contribution is 2.01. The third kappa shape index (κ3) is 2.74. The Morgan fingerprint density at radius 2 is 2.33 bits per heavy atom. The number of nitrogens with two attached hydrogens (primary N) is 2. The molecule has 0 aromatic carbocycles. The number of hydrogen-bond donors (Lipinski definition) is 3. The molecule has 4 nitrogen and oxygen atoms in total. The fraction of sp³-hybridized carbons (Fsp3) is 0.375. The summed E-state index contributed by atoms with van der Waals surface area (Å²) in [5, 5.41) is 8.58. The molecule has 0 fully saturated rings. The predicted octanol–water partition coefficient (Wildman–Crippen LogP) is -0.693. The number of terminal acetylenes is 1. The van der Waals surface area contributed by atoms with Crippen LogP contribution in [0.25, 0.3) is 0 Å². The largest absolute Gasteiger partial charge is 0.479 e. The molecular formula is C8H12N2O2. The highest BCUT2D eigenvalue weighted by Gasteiger charge is 2.27. The maximum absolute atomic E-state index is 10.5. The molecule has 0 saturated carbocycles. The first kappa shape index (κ1) is 10.7. The van der Waals surface area contributed by atoms with Gasteiger partial charge in [-0.2, -0.15) is 0 Å². The number of carbonyl (C=O) groups is 1. The molecule has 0 aliphatic carbocycles. The molecule has 0 rings (SSSR count). The van der Waals surface area contributed by atoms with Crippen LogP contribution < -0.4 is 11.5 Å². The van der Waals surface area contributed by atoms with Gasteiger partial charge < -0.3 is 16.6 Å². The molecule has 12 heavy (non-hydrogen) atoms. The third-order valence-electron chi connectivity index (χ3n) is 1.31. The van der Waals surface area contributed by atoms with Gasteiger partial charge >= 0.3 is 5.97 Å². The Hall–Kier alpha value is -1.31. The van der Waals surface area contributed by atoms with E-state index in [0.29, 0.717) is 13.0 Å². The second-order valence-corrected chi connectivity index (χ2v) is 2.30. The summed E-state index contributed by atoms with van der Waals surface area (Å²) in [6.45, 7) is 0.441. The Morgan fingerprint density at radius 1 is 1.75 bits per heavy atom. The van der Waals surface area contributed by atoms with Crippen LogP contribution in [0.3, 0.4) is 0 Å². The zero-order valence-corrected chi connectivity index (χ0v) is 6.66. The van der Waals surface area contributed by atoms with Gasteiger partial charge in [-0.15, -0.1) is 6.42 Å². The first-order chi connectivity index (χ1) is 5.56. The normalized spacial score (nSPS) is 15.4. The molecule has 0 spiro atoms. The minimum absolute atomic E-state index is 0.441. The van der Waals surface area contributed by atoms with Gasteiger partial charge in [0.15, 0.2) is 5.54 Å². The Balaban J connectivity index is 4.37. The van der Waals surface area contributed by atoms with Crippen LogP contribution in [0.1, 0.15) is 6.42 Å². The van der Waals surface area contributed by atoms with E-state index in [9.17, 15) is 4.79 Å².